The van der Waals surface area contributed by atoms with Crippen LogP contribution in [-0.4, -0.2) is 23.9 Å². The predicted octanol–water partition coefficient (Wildman–Crippen LogP) is 6.04. The molecule has 1 aliphatic heterocycles. The molecule has 0 saturated carbocycles. The molecule has 2 atom stereocenters. The topological polar surface area (TPSA) is 78.8 Å². The first-order valence-electron chi connectivity index (χ1n) is 14.9. The van der Waals surface area contributed by atoms with Crippen LogP contribution in [0.15, 0.2) is 120 Å². The minimum Gasteiger partial charge on any atom is -0.274 e. The molecule has 0 aromatic heterocycles. The smallest absolute Gasteiger partial charge is 0.244 e. The molecule has 0 spiro atoms. The van der Waals surface area contributed by atoms with Crippen molar-refractivity contribution in [2.24, 2.45) is 16.9 Å². The van der Waals surface area contributed by atoms with Crippen LogP contribution in [0.4, 0.5) is 5.69 Å². The minimum atomic E-state index is -1.04. The summed E-state index contributed by atoms with van der Waals surface area (Å²) in [6.07, 6.45) is 1.87. The lowest BCUT2D eigenvalue weighted by Crippen LogP contribution is -2.54. The number of nitrogens with zero attached hydrogens (tertiary/aromatic N) is 2. The van der Waals surface area contributed by atoms with Crippen LogP contribution in [0.25, 0.3) is 10.8 Å². The number of rotatable bonds is 5. The van der Waals surface area contributed by atoms with E-state index in [1.165, 1.54) is 4.90 Å². The van der Waals surface area contributed by atoms with E-state index in [1.807, 2.05) is 110 Å². The van der Waals surface area contributed by atoms with E-state index >= 15 is 0 Å². The second-order valence-electron chi connectivity index (χ2n) is 12.0. The Labute approximate surface area is 255 Å². The average molecular weight is 576 g/mol. The van der Waals surface area contributed by atoms with Gasteiger partial charge in [-0.15, -0.1) is 0 Å². The molecule has 44 heavy (non-hydrogen) atoms. The summed E-state index contributed by atoms with van der Waals surface area (Å²) in [6, 6.07) is 37.5. The zero-order valence-electron chi connectivity index (χ0n) is 24.1. The third-order valence-electron chi connectivity index (χ3n) is 9.66. The molecule has 6 nitrogen and oxygen atoms in total. The number of hydrogen-bond donors (Lipinski definition) is 1. The van der Waals surface area contributed by atoms with E-state index in [9.17, 15) is 14.4 Å². The van der Waals surface area contributed by atoms with Crippen LogP contribution in [0.3, 0.4) is 0 Å². The van der Waals surface area contributed by atoms with Crippen molar-refractivity contribution in [2.75, 3.05) is 4.90 Å². The fourth-order valence-corrected chi connectivity index (χ4v) is 7.86. The summed E-state index contributed by atoms with van der Waals surface area (Å²) in [5.74, 6) is -2.25. The molecule has 4 aliphatic rings. The largest absolute Gasteiger partial charge is 0.274 e. The van der Waals surface area contributed by atoms with E-state index in [-0.39, 0.29) is 30.1 Å². The molecule has 9 rings (SSSR count). The van der Waals surface area contributed by atoms with Gasteiger partial charge in [-0.3, -0.25) is 14.4 Å². The van der Waals surface area contributed by atoms with E-state index in [0.29, 0.717) is 5.69 Å². The second-order valence-corrected chi connectivity index (χ2v) is 12.0. The molecule has 3 aliphatic carbocycles. The van der Waals surface area contributed by atoms with Crippen LogP contribution in [0.5, 0.6) is 0 Å². The van der Waals surface area contributed by atoms with Gasteiger partial charge >= 0.3 is 0 Å². The van der Waals surface area contributed by atoms with E-state index in [1.54, 1.807) is 6.21 Å². The number of carbonyl (C=O) groups is 3. The first-order valence-corrected chi connectivity index (χ1v) is 14.9. The predicted molar refractivity (Wildman–Crippen MR) is 170 cm³/mol. The minimum absolute atomic E-state index is 0.158. The molecule has 1 heterocycles. The van der Waals surface area contributed by atoms with Gasteiger partial charge in [0, 0.05) is 12.1 Å². The molecule has 0 radical (unpaired) electrons. The van der Waals surface area contributed by atoms with Gasteiger partial charge in [0.15, 0.2) is 0 Å². The highest BCUT2D eigenvalue weighted by molar-refractivity contribution is 6.25. The summed E-state index contributed by atoms with van der Waals surface area (Å²) in [5, 5.41) is 6.65. The Hall–Kier alpha value is -5.36. The van der Waals surface area contributed by atoms with Gasteiger partial charge in [-0.1, -0.05) is 109 Å². The summed E-state index contributed by atoms with van der Waals surface area (Å²) in [6.45, 7) is 1.98. The summed E-state index contributed by atoms with van der Waals surface area (Å²) < 4.78 is 0. The third-order valence-corrected chi connectivity index (χ3v) is 9.66. The third kappa shape index (κ3) is 3.67. The number of imide groups is 1. The van der Waals surface area contributed by atoms with Crippen molar-refractivity contribution in [3.8, 4) is 0 Å². The summed E-state index contributed by atoms with van der Waals surface area (Å²) in [7, 11) is 0. The maximum atomic E-state index is 14.5. The van der Waals surface area contributed by atoms with Crippen LogP contribution < -0.4 is 10.3 Å². The van der Waals surface area contributed by atoms with Crippen molar-refractivity contribution >= 4 is 40.4 Å². The monoisotopic (exact) mass is 575 g/mol. The van der Waals surface area contributed by atoms with Gasteiger partial charge in [0.05, 0.1) is 29.4 Å². The molecule has 5 aromatic carbocycles. The number of carbonyl (C=O) groups excluding carboxylic acids is 3. The number of amides is 3. The Morgan fingerprint density at radius 1 is 0.795 bits per heavy atom. The van der Waals surface area contributed by atoms with Crippen molar-refractivity contribution in [3.05, 3.63) is 149 Å². The standard InChI is InChI=1S/C38H29N3O3/c1-23-17-19-26(20-18-23)41-36(43)34-33-28-13-4-6-15-30(28)38(35(34)37(41)44,31-16-7-5-14-29(31)33)22-39-40-32(42)21-25-11-8-10-24-9-2-3-12-27(24)25/h2-20,22,33-35H,21H2,1H3,(H,40,42)/b39-22-/t33?,34-,35-,38?/m0/s1. The molecule has 5 aromatic rings. The number of aryl methyl sites for hydroxylation is 1. The molecule has 3 amide bonds. The number of hydrogen-bond acceptors (Lipinski definition) is 4. The molecular formula is C38H29N3O3. The number of benzene rings is 5. The van der Waals surface area contributed by atoms with Crippen LogP contribution in [-0.2, 0) is 26.2 Å². The zero-order valence-corrected chi connectivity index (χ0v) is 24.1. The number of anilines is 1. The fourth-order valence-electron chi connectivity index (χ4n) is 7.86. The molecule has 2 bridgehead atoms. The van der Waals surface area contributed by atoms with Gasteiger partial charge in [-0.25, -0.2) is 10.3 Å². The molecule has 214 valence electrons. The van der Waals surface area contributed by atoms with Gasteiger partial charge in [0.2, 0.25) is 17.7 Å². The average Bonchev–Trinajstić information content (AvgIpc) is 3.32. The molecule has 1 saturated heterocycles. The zero-order chi connectivity index (χ0) is 30.0. The lowest BCUT2D eigenvalue weighted by molar-refractivity contribution is -0.123. The summed E-state index contributed by atoms with van der Waals surface area (Å²) in [4.78, 5) is 43.3. The van der Waals surface area contributed by atoms with Crippen molar-refractivity contribution in [2.45, 2.75) is 24.7 Å². The Balaban J connectivity index is 1.22. The quantitative estimate of drug-likeness (QED) is 0.158. The van der Waals surface area contributed by atoms with Gasteiger partial charge < -0.3 is 0 Å². The van der Waals surface area contributed by atoms with Crippen molar-refractivity contribution < 1.29 is 14.4 Å². The SMILES string of the molecule is Cc1ccc(N2C(=O)[C@@H]3[C@@H](C2=O)C2c4ccccc4C3(/C=N\NC(=O)Cc3cccc4ccccc34)c3ccccc32)cc1. The molecular weight excluding hydrogens is 546 g/mol. The summed E-state index contributed by atoms with van der Waals surface area (Å²) >= 11 is 0. The first kappa shape index (κ1) is 26.3. The highest BCUT2D eigenvalue weighted by Crippen LogP contribution is 2.63. The number of hydrazone groups is 1. The lowest BCUT2D eigenvalue weighted by atomic mass is 9.47. The van der Waals surface area contributed by atoms with Crippen molar-refractivity contribution in [3.63, 3.8) is 0 Å². The van der Waals surface area contributed by atoms with E-state index in [0.717, 1.165) is 44.2 Å². The molecule has 0 unspecified atom stereocenters. The van der Waals surface area contributed by atoms with Crippen LogP contribution in [0.1, 0.15) is 39.3 Å². The van der Waals surface area contributed by atoms with Gasteiger partial charge in [-0.2, -0.15) is 5.10 Å². The Morgan fingerprint density at radius 3 is 2.16 bits per heavy atom. The molecule has 6 heteroatoms. The number of nitrogens with one attached hydrogen (secondary N) is 1. The maximum Gasteiger partial charge on any atom is 0.244 e. The Kier molecular flexibility index (Phi) is 5.88. The van der Waals surface area contributed by atoms with Crippen LogP contribution >= 0.6 is 0 Å². The van der Waals surface area contributed by atoms with E-state index in [4.69, 9.17) is 0 Å². The van der Waals surface area contributed by atoms with Crippen molar-refractivity contribution in [1.82, 2.24) is 5.43 Å². The first-order chi connectivity index (χ1) is 21.5. The van der Waals surface area contributed by atoms with Crippen LogP contribution in [0.2, 0.25) is 0 Å². The van der Waals surface area contributed by atoms with Gasteiger partial charge in [0.1, 0.15) is 0 Å². The van der Waals surface area contributed by atoms with Gasteiger partial charge in [0.25, 0.3) is 0 Å². The van der Waals surface area contributed by atoms with Crippen molar-refractivity contribution in [1.29, 1.82) is 0 Å². The highest BCUT2D eigenvalue weighted by Gasteiger charge is 2.68. The number of fused-ring (bicyclic) bond motifs is 1. The Morgan fingerprint density at radius 2 is 1.43 bits per heavy atom. The second kappa shape index (κ2) is 9.85. The molecule has 1 N–H and O–H groups in total. The van der Waals surface area contributed by atoms with E-state index < -0.39 is 17.3 Å². The lowest BCUT2D eigenvalue weighted by Gasteiger charge is -2.52. The fraction of sp³-hybridized carbons (Fsp3) is 0.158. The Bertz CT molecular complexity index is 1980. The molecule has 1 fully saturated rings. The normalized spacial score (nSPS) is 23.1. The van der Waals surface area contributed by atoms with Gasteiger partial charge in [-0.05, 0) is 57.6 Å². The highest BCUT2D eigenvalue weighted by atomic mass is 16.2. The van der Waals surface area contributed by atoms with Crippen LogP contribution in [0, 0.1) is 18.8 Å². The van der Waals surface area contributed by atoms with E-state index in [2.05, 4.69) is 22.7 Å². The summed E-state index contributed by atoms with van der Waals surface area (Å²) in [5.41, 5.74) is 8.19. The maximum absolute atomic E-state index is 14.5.